The molecule has 0 amide bonds. The first-order valence-corrected chi connectivity index (χ1v) is 8.52. The van der Waals surface area contributed by atoms with Crippen LogP contribution in [0.4, 0.5) is 5.69 Å². The van der Waals surface area contributed by atoms with E-state index >= 15 is 0 Å². The van der Waals surface area contributed by atoms with Gasteiger partial charge in [-0.3, -0.25) is 4.99 Å². The molecule has 1 heterocycles. The van der Waals surface area contributed by atoms with Gasteiger partial charge in [-0.25, -0.2) is 0 Å². The third-order valence-electron chi connectivity index (χ3n) is 4.20. The molecule has 2 aliphatic rings. The minimum atomic E-state index is 0.461. The summed E-state index contributed by atoms with van der Waals surface area (Å²) in [5, 5.41) is 6.99. The van der Waals surface area contributed by atoms with E-state index in [-0.39, 0.29) is 0 Å². The Balaban J connectivity index is 1.52. The minimum absolute atomic E-state index is 0.461. The van der Waals surface area contributed by atoms with Crippen molar-refractivity contribution in [1.82, 2.24) is 10.6 Å². The number of rotatable bonds is 4. The molecule has 0 radical (unpaired) electrons. The summed E-state index contributed by atoms with van der Waals surface area (Å²) < 4.78 is 1.17. The van der Waals surface area contributed by atoms with Crippen LogP contribution in [0.5, 0.6) is 0 Å². The Kier molecular flexibility index (Phi) is 4.68. The smallest absolute Gasteiger partial charge is 0.191 e. The van der Waals surface area contributed by atoms with Crippen molar-refractivity contribution < 1.29 is 0 Å². The van der Waals surface area contributed by atoms with Crippen LogP contribution in [0.1, 0.15) is 19.3 Å². The number of hydrogen-bond acceptors (Lipinski definition) is 2. The monoisotopic (exact) mass is 350 g/mol. The van der Waals surface area contributed by atoms with E-state index < -0.39 is 0 Å². The van der Waals surface area contributed by atoms with Crippen molar-refractivity contribution in [1.29, 1.82) is 0 Å². The zero-order chi connectivity index (χ0) is 14.7. The predicted molar refractivity (Wildman–Crippen MR) is 92.0 cm³/mol. The van der Waals surface area contributed by atoms with Crippen LogP contribution in [0.25, 0.3) is 0 Å². The van der Waals surface area contributed by atoms with Crippen molar-refractivity contribution in [2.24, 2.45) is 10.9 Å². The van der Waals surface area contributed by atoms with Crippen LogP contribution < -0.4 is 15.5 Å². The van der Waals surface area contributed by atoms with E-state index in [1.165, 1.54) is 23.0 Å². The second-order valence-electron chi connectivity index (χ2n) is 5.92. The van der Waals surface area contributed by atoms with Crippen LogP contribution >= 0.6 is 15.9 Å². The summed E-state index contributed by atoms with van der Waals surface area (Å²) in [6.07, 6.45) is 3.87. The van der Waals surface area contributed by atoms with E-state index in [1.54, 1.807) is 0 Å². The molecule has 1 aromatic rings. The van der Waals surface area contributed by atoms with Gasteiger partial charge in [-0.1, -0.05) is 12.1 Å². The molecule has 1 unspecified atom stereocenters. The van der Waals surface area contributed by atoms with Crippen LogP contribution in [0, 0.1) is 5.92 Å². The lowest BCUT2D eigenvalue weighted by molar-refractivity contribution is 0.640. The van der Waals surface area contributed by atoms with E-state index in [4.69, 9.17) is 0 Å². The number of nitrogens with one attached hydrogen (secondary N) is 2. The largest absolute Gasteiger partial charge is 0.368 e. The molecule has 21 heavy (non-hydrogen) atoms. The molecule has 1 aromatic carbocycles. The Hall–Kier alpha value is -1.23. The summed E-state index contributed by atoms with van der Waals surface area (Å²) in [5.74, 6) is 1.81. The highest BCUT2D eigenvalue weighted by Gasteiger charge is 2.25. The molecule has 4 nitrogen and oxygen atoms in total. The number of hydrogen-bond donors (Lipinski definition) is 2. The highest BCUT2D eigenvalue weighted by molar-refractivity contribution is 9.10. The first-order chi connectivity index (χ1) is 10.3. The molecule has 0 bridgehead atoms. The normalized spacial score (nSPS) is 22.5. The molecule has 2 fully saturated rings. The van der Waals surface area contributed by atoms with Gasteiger partial charge in [-0.05, 0) is 53.2 Å². The third-order valence-corrected chi connectivity index (χ3v) is 4.87. The van der Waals surface area contributed by atoms with E-state index in [0.717, 1.165) is 37.9 Å². The van der Waals surface area contributed by atoms with Crippen LogP contribution in [-0.2, 0) is 0 Å². The summed E-state index contributed by atoms with van der Waals surface area (Å²) in [6.45, 7) is 3.16. The summed E-state index contributed by atoms with van der Waals surface area (Å²) in [5.41, 5.74) is 1.28. The van der Waals surface area contributed by atoms with Crippen molar-refractivity contribution in [2.45, 2.75) is 25.3 Å². The van der Waals surface area contributed by atoms with E-state index in [2.05, 4.69) is 60.7 Å². The SMILES string of the molecule is CN=C(NCC1CC1)NC1CCN(c2ccccc2Br)C1. The molecule has 5 heteroatoms. The molecular weight excluding hydrogens is 328 g/mol. The molecule has 3 rings (SSSR count). The minimum Gasteiger partial charge on any atom is -0.368 e. The van der Waals surface area contributed by atoms with Crippen LogP contribution in [0.2, 0.25) is 0 Å². The first-order valence-electron chi connectivity index (χ1n) is 7.73. The van der Waals surface area contributed by atoms with Crippen molar-refractivity contribution in [3.63, 3.8) is 0 Å². The molecule has 0 aromatic heterocycles. The fourth-order valence-corrected chi connectivity index (χ4v) is 3.29. The molecule has 1 atom stereocenters. The standard InChI is InChI=1S/C16H23BrN4/c1-18-16(19-10-12-6-7-12)20-13-8-9-21(11-13)15-5-3-2-4-14(15)17/h2-5,12-13H,6-11H2,1H3,(H2,18,19,20). The highest BCUT2D eigenvalue weighted by Crippen LogP contribution is 2.29. The molecule has 2 N–H and O–H groups in total. The Morgan fingerprint density at radius 2 is 2.14 bits per heavy atom. The lowest BCUT2D eigenvalue weighted by Gasteiger charge is -2.21. The van der Waals surface area contributed by atoms with Gasteiger partial charge in [-0.15, -0.1) is 0 Å². The summed E-state index contributed by atoms with van der Waals surface area (Å²) in [7, 11) is 1.85. The van der Waals surface area contributed by atoms with Gasteiger partial charge in [0.25, 0.3) is 0 Å². The van der Waals surface area contributed by atoms with Crippen molar-refractivity contribution in [3.05, 3.63) is 28.7 Å². The van der Waals surface area contributed by atoms with Crippen molar-refractivity contribution >= 4 is 27.6 Å². The van der Waals surface area contributed by atoms with Gasteiger partial charge in [0.2, 0.25) is 0 Å². The lowest BCUT2D eigenvalue weighted by Crippen LogP contribution is -2.45. The topological polar surface area (TPSA) is 39.7 Å². The van der Waals surface area contributed by atoms with Gasteiger partial charge in [-0.2, -0.15) is 0 Å². The fourth-order valence-electron chi connectivity index (χ4n) is 2.76. The number of anilines is 1. The predicted octanol–water partition coefficient (Wildman–Crippen LogP) is 2.60. The second-order valence-corrected chi connectivity index (χ2v) is 6.78. The van der Waals surface area contributed by atoms with Crippen molar-refractivity contribution in [3.8, 4) is 0 Å². The molecular formula is C16H23BrN4. The molecule has 1 aliphatic heterocycles. The third kappa shape index (κ3) is 3.90. The lowest BCUT2D eigenvalue weighted by atomic mass is 10.2. The average molecular weight is 351 g/mol. The van der Waals surface area contributed by atoms with Crippen molar-refractivity contribution in [2.75, 3.05) is 31.6 Å². The summed E-state index contributed by atoms with van der Waals surface area (Å²) in [4.78, 5) is 6.76. The van der Waals surface area contributed by atoms with Crippen LogP contribution in [0.3, 0.4) is 0 Å². The number of nitrogens with zero attached hydrogens (tertiary/aromatic N) is 2. The van der Waals surface area contributed by atoms with Gasteiger partial charge in [0.15, 0.2) is 5.96 Å². The van der Waals surface area contributed by atoms with E-state index in [0.29, 0.717) is 6.04 Å². The Morgan fingerprint density at radius 1 is 1.33 bits per heavy atom. The molecule has 0 spiro atoms. The Morgan fingerprint density at radius 3 is 2.86 bits per heavy atom. The number of halogens is 1. The van der Waals surface area contributed by atoms with Gasteiger partial charge in [0, 0.05) is 37.2 Å². The number of guanidine groups is 1. The molecule has 114 valence electrons. The van der Waals surface area contributed by atoms with E-state index in [1.807, 2.05) is 7.05 Å². The van der Waals surface area contributed by atoms with Gasteiger partial charge in [0.1, 0.15) is 0 Å². The second kappa shape index (κ2) is 6.69. The first kappa shape index (κ1) is 14.7. The summed E-state index contributed by atoms with van der Waals surface area (Å²) >= 11 is 3.64. The number of benzene rings is 1. The van der Waals surface area contributed by atoms with Crippen LogP contribution in [0.15, 0.2) is 33.7 Å². The maximum atomic E-state index is 4.33. The molecule has 1 saturated carbocycles. The number of aliphatic imine (C=N–C) groups is 1. The van der Waals surface area contributed by atoms with Gasteiger partial charge in [0.05, 0.1) is 5.69 Å². The fraction of sp³-hybridized carbons (Fsp3) is 0.562. The maximum Gasteiger partial charge on any atom is 0.191 e. The van der Waals surface area contributed by atoms with Gasteiger partial charge >= 0.3 is 0 Å². The molecule has 1 saturated heterocycles. The van der Waals surface area contributed by atoms with Gasteiger partial charge < -0.3 is 15.5 Å². The zero-order valence-electron chi connectivity index (χ0n) is 12.5. The maximum absolute atomic E-state index is 4.33. The Labute approximate surface area is 135 Å². The quantitative estimate of drug-likeness (QED) is 0.647. The average Bonchev–Trinajstić information content (AvgIpc) is 3.22. The van der Waals surface area contributed by atoms with Crippen LogP contribution in [-0.4, -0.2) is 38.7 Å². The van der Waals surface area contributed by atoms with E-state index in [9.17, 15) is 0 Å². The highest BCUT2D eigenvalue weighted by atomic mass is 79.9. The summed E-state index contributed by atoms with van der Waals surface area (Å²) in [6, 6.07) is 8.89. The number of para-hydroxylation sites is 1. The zero-order valence-corrected chi connectivity index (χ0v) is 14.1. The molecule has 1 aliphatic carbocycles. The Bertz CT molecular complexity index is 513.